The van der Waals surface area contributed by atoms with Crippen molar-refractivity contribution in [2.24, 2.45) is 5.92 Å². The minimum absolute atomic E-state index is 0.306. The number of rotatable bonds is 7. The van der Waals surface area contributed by atoms with Crippen LogP contribution in [-0.2, 0) is 4.79 Å². The zero-order chi connectivity index (χ0) is 11.0. The zero-order valence-electron chi connectivity index (χ0n) is 9.55. The van der Waals surface area contributed by atoms with Crippen LogP contribution in [0.5, 0.6) is 0 Å². The van der Waals surface area contributed by atoms with Gasteiger partial charge in [-0.05, 0) is 18.8 Å². The monoisotopic (exact) mass is 263 g/mol. The Balaban J connectivity index is 3.88. The fraction of sp³-hybridized carbons (Fsp3) is 0.909. The lowest BCUT2D eigenvalue weighted by atomic mass is 10.1. The number of carbonyl (C=O) groups is 1. The quantitative estimate of drug-likeness (QED) is 0.647. The summed E-state index contributed by atoms with van der Waals surface area (Å²) >= 11 is 3.37. The van der Waals surface area contributed by atoms with Gasteiger partial charge >= 0.3 is 0 Å². The number of carbonyl (C=O) groups excluding carboxylic acids is 1. The number of hydrogen-bond acceptors (Lipinski definition) is 1. The van der Waals surface area contributed by atoms with Crippen molar-refractivity contribution in [3.05, 3.63) is 0 Å². The Morgan fingerprint density at radius 2 is 2.00 bits per heavy atom. The van der Waals surface area contributed by atoms with Crippen LogP contribution >= 0.6 is 15.9 Å². The fourth-order valence-electron chi connectivity index (χ4n) is 1.30. The first-order chi connectivity index (χ1) is 6.61. The molecule has 0 rings (SSSR count). The Kier molecular flexibility index (Phi) is 8.24. The molecule has 0 N–H and O–H groups in total. The van der Waals surface area contributed by atoms with Crippen molar-refractivity contribution in [3.63, 3.8) is 0 Å². The van der Waals surface area contributed by atoms with Gasteiger partial charge in [0.05, 0.1) is 0 Å². The Labute approximate surface area is 96.2 Å². The molecule has 0 saturated carbocycles. The van der Waals surface area contributed by atoms with E-state index in [1.807, 2.05) is 4.90 Å². The number of hydrogen-bond donors (Lipinski definition) is 0. The topological polar surface area (TPSA) is 20.3 Å². The minimum Gasteiger partial charge on any atom is -0.342 e. The highest BCUT2D eigenvalue weighted by Crippen LogP contribution is 2.07. The Morgan fingerprint density at radius 3 is 2.43 bits per heavy atom. The lowest BCUT2D eigenvalue weighted by Crippen LogP contribution is -2.33. The molecule has 0 aromatic rings. The summed E-state index contributed by atoms with van der Waals surface area (Å²) < 4.78 is 0. The second-order valence-corrected chi connectivity index (χ2v) is 4.80. The third kappa shape index (κ3) is 6.41. The molecule has 2 nitrogen and oxygen atoms in total. The molecule has 0 saturated heterocycles. The van der Waals surface area contributed by atoms with E-state index in [1.165, 1.54) is 0 Å². The molecule has 1 amide bonds. The van der Waals surface area contributed by atoms with E-state index >= 15 is 0 Å². The van der Waals surface area contributed by atoms with E-state index < -0.39 is 0 Å². The smallest absolute Gasteiger partial charge is 0.222 e. The van der Waals surface area contributed by atoms with Gasteiger partial charge < -0.3 is 4.90 Å². The standard InChI is InChI=1S/C11H22BrNO/c1-4-8-13(9-7-12)11(14)6-5-10(2)3/h10H,4-9H2,1-3H3. The summed E-state index contributed by atoms with van der Waals surface area (Å²) in [6.07, 6.45) is 2.74. The van der Waals surface area contributed by atoms with E-state index in [2.05, 4.69) is 36.7 Å². The van der Waals surface area contributed by atoms with Gasteiger partial charge in [0.1, 0.15) is 0 Å². The lowest BCUT2D eigenvalue weighted by molar-refractivity contribution is -0.131. The second kappa shape index (κ2) is 8.27. The Hall–Kier alpha value is -0.0500. The van der Waals surface area contributed by atoms with Crippen LogP contribution < -0.4 is 0 Å². The maximum atomic E-state index is 11.7. The first-order valence-electron chi connectivity index (χ1n) is 5.45. The molecule has 0 aromatic carbocycles. The van der Waals surface area contributed by atoms with Gasteiger partial charge in [-0.25, -0.2) is 0 Å². The molecular formula is C11H22BrNO. The van der Waals surface area contributed by atoms with Crippen LogP contribution in [-0.4, -0.2) is 29.2 Å². The fourth-order valence-corrected chi connectivity index (χ4v) is 1.73. The molecular weight excluding hydrogens is 242 g/mol. The Morgan fingerprint density at radius 1 is 1.36 bits per heavy atom. The summed E-state index contributed by atoms with van der Waals surface area (Å²) in [6, 6.07) is 0. The van der Waals surface area contributed by atoms with E-state index in [4.69, 9.17) is 0 Å². The van der Waals surface area contributed by atoms with Crippen molar-refractivity contribution in [1.82, 2.24) is 4.90 Å². The Bertz CT molecular complexity index is 153. The number of alkyl halides is 1. The summed E-state index contributed by atoms with van der Waals surface area (Å²) in [5, 5.41) is 0.875. The van der Waals surface area contributed by atoms with Gasteiger partial charge in [-0.15, -0.1) is 0 Å². The van der Waals surface area contributed by atoms with Crippen LogP contribution in [0, 0.1) is 5.92 Å². The maximum absolute atomic E-state index is 11.7. The predicted octanol–water partition coefficient (Wildman–Crippen LogP) is 3.06. The molecule has 0 radical (unpaired) electrons. The summed E-state index contributed by atoms with van der Waals surface area (Å²) in [5.41, 5.74) is 0. The van der Waals surface area contributed by atoms with Crippen molar-refractivity contribution in [2.75, 3.05) is 18.4 Å². The number of halogens is 1. The van der Waals surface area contributed by atoms with E-state index in [1.54, 1.807) is 0 Å². The first kappa shape index (κ1) is 13.9. The van der Waals surface area contributed by atoms with Gasteiger partial charge in [0, 0.05) is 24.8 Å². The van der Waals surface area contributed by atoms with Crippen LogP contribution in [0.1, 0.15) is 40.0 Å². The molecule has 3 heteroatoms. The molecule has 84 valence electrons. The van der Waals surface area contributed by atoms with Gasteiger partial charge in [-0.1, -0.05) is 36.7 Å². The second-order valence-electron chi connectivity index (χ2n) is 4.00. The number of amides is 1. The largest absolute Gasteiger partial charge is 0.342 e. The average Bonchev–Trinajstić information content (AvgIpc) is 2.14. The average molecular weight is 264 g/mol. The van der Waals surface area contributed by atoms with E-state index in [0.29, 0.717) is 18.2 Å². The summed E-state index contributed by atoms with van der Waals surface area (Å²) in [6.45, 7) is 8.15. The SMILES string of the molecule is CCCN(CCBr)C(=O)CCC(C)C. The van der Waals surface area contributed by atoms with Crippen LogP contribution in [0.2, 0.25) is 0 Å². The molecule has 0 bridgehead atoms. The third-order valence-corrected chi connectivity index (χ3v) is 2.49. The highest BCUT2D eigenvalue weighted by atomic mass is 79.9. The van der Waals surface area contributed by atoms with Crippen molar-refractivity contribution in [3.8, 4) is 0 Å². The molecule has 0 aliphatic heterocycles. The highest BCUT2D eigenvalue weighted by Gasteiger charge is 2.11. The maximum Gasteiger partial charge on any atom is 0.222 e. The van der Waals surface area contributed by atoms with Crippen LogP contribution in [0.4, 0.5) is 0 Å². The van der Waals surface area contributed by atoms with Crippen LogP contribution in [0.3, 0.4) is 0 Å². The molecule has 0 unspecified atom stereocenters. The van der Waals surface area contributed by atoms with E-state index in [9.17, 15) is 4.79 Å². The van der Waals surface area contributed by atoms with Crippen molar-refractivity contribution >= 4 is 21.8 Å². The van der Waals surface area contributed by atoms with E-state index in [0.717, 1.165) is 31.3 Å². The number of nitrogens with zero attached hydrogens (tertiary/aromatic N) is 1. The van der Waals surface area contributed by atoms with Crippen molar-refractivity contribution in [1.29, 1.82) is 0 Å². The summed E-state index contributed by atoms with van der Waals surface area (Å²) in [7, 11) is 0. The van der Waals surface area contributed by atoms with E-state index in [-0.39, 0.29) is 0 Å². The first-order valence-corrected chi connectivity index (χ1v) is 6.57. The highest BCUT2D eigenvalue weighted by molar-refractivity contribution is 9.09. The van der Waals surface area contributed by atoms with Gasteiger partial charge in [0.2, 0.25) is 5.91 Å². The summed E-state index contributed by atoms with van der Waals surface area (Å²) in [5.74, 6) is 0.923. The molecule has 0 aliphatic carbocycles. The van der Waals surface area contributed by atoms with Crippen molar-refractivity contribution < 1.29 is 4.79 Å². The van der Waals surface area contributed by atoms with Crippen molar-refractivity contribution in [2.45, 2.75) is 40.0 Å². The molecule has 0 atom stereocenters. The summed E-state index contributed by atoms with van der Waals surface area (Å²) in [4.78, 5) is 13.7. The molecule has 0 aliphatic rings. The molecule has 14 heavy (non-hydrogen) atoms. The van der Waals surface area contributed by atoms with Crippen LogP contribution in [0.25, 0.3) is 0 Å². The normalized spacial score (nSPS) is 10.6. The molecule has 0 spiro atoms. The van der Waals surface area contributed by atoms with Gasteiger partial charge in [0.15, 0.2) is 0 Å². The lowest BCUT2D eigenvalue weighted by Gasteiger charge is -2.21. The molecule has 0 heterocycles. The molecule has 0 aromatic heterocycles. The third-order valence-electron chi connectivity index (χ3n) is 2.14. The van der Waals surface area contributed by atoms with Crippen LogP contribution in [0.15, 0.2) is 0 Å². The van der Waals surface area contributed by atoms with Gasteiger partial charge in [-0.2, -0.15) is 0 Å². The zero-order valence-corrected chi connectivity index (χ0v) is 11.1. The molecule has 0 fully saturated rings. The predicted molar refractivity (Wildman–Crippen MR) is 64.7 cm³/mol. The minimum atomic E-state index is 0.306. The van der Waals surface area contributed by atoms with Gasteiger partial charge in [0.25, 0.3) is 0 Å². The van der Waals surface area contributed by atoms with Gasteiger partial charge in [-0.3, -0.25) is 4.79 Å².